The summed E-state index contributed by atoms with van der Waals surface area (Å²) in [5.41, 5.74) is 3.75. The summed E-state index contributed by atoms with van der Waals surface area (Å²) >= 11 is 0. The number of likely N-dealkylation sites (N-methyl/N-ethyl adjacent to an activating group) is 1. The van der Waals surface area contributed by atoms with Crippen molar-refractivity contribution in [2.24, 2.45) is 0 Å². The zero-order chi connectivity index (χ0) is 23.1. The first-order chi connectivity index (χ1) is 15.5. The third kappa shape index (κ3) is 5.00. The predicted molar refractivity (Wildman–Crippen MR) is 124 cm³/mol. The van der Waals surface area contributed by atoms with Gasteiger partial charge in [0.15, 0.2) is 0 Å². The lowest BCUT2D eigenvalue weighted by Crippen LogP contribution is -2.37. The molecule has 1 aromatic carbocycles. The maximum Gasteiger partial charge on any atom is 0.282 e. The zero-order valence-electron chi connectivity index (χ0n) is 18.2. The third-order valence-corrected chi connectivity index (χ3v) is 5.19. The first kappa shape index (κ1) is 22.7. The van der Waals surface area contributed by atoms with Crippen molar-refractivity contribution in [2.45, 2.75) is 13.3 Å². The first-order valence-electron chi connectivity index (χ1n) is 10.3. The van der Waals surface area contributed by atoms with Gasteiger partial charge in [-0.05, 0) is 36.3 Å². The molecule has 0 unspecified atom stereocenters. The van der Waals surface area contributed by atoms with Crippen molar-refractivity contribution in [1.82, 2.24) is 14.9 Å². The van der Waals surface area contributed by atoms with E-state index in [2.05, 4.69) is 18.2 Å². The molecule has 0 aromatic heterocycles. The quantitative estimate of drug-likeness (QED) is 0.452. The predicted octanol–water partition coefficient (Wildman–Crippen LogP) is 3.11. The Bertz CT molecular complexity index is 1060. The number of benzene rings is 1. The van der Waals surface area contributed by atoms with Gasteiger partial charge >= 0.3 is 0 Å². The molecule has 0 radical (unpaired) electrons. The molecule has 1 saturated heterocycles. The highest BCUT2D eigenvalue weighted by molar-refractivity contribution is 6.23. The summed E-state index contributed by atoms with van der Waals surface area (Å²) in [7, 11) is 1.56. The molecule has 4 rings (SSSR count). The van der Waals surface area contributed by atoms with Gasteiger partial charge in [0.05, 0.1) is 12.2 Å². The Morgan fingerprint density at radius 1 is 1.03 bits per heavy atom. The molecule has 7 heteroatoms. The summed E-state index contributed by atoms with van der Waals surface area (Å²) in [6, 6.07) is 10.2. The molecular weight excluding hydrogens is 404 g/mol. The number of rotatable bonds is 4. The first-order valence-corrected chi connectivity index (χ1v) is 10.3. The van der Waals surface area contributed by atoms with Gasteiger partial charge in [0.1, 0.15) is 11.9 Å². The highest BCUT2D eigenvalue weighted by Gasteiger charge is 2.39. The third-order valence-electron chi connectivity index (χ3n) is 5.19. The van der Waals surface area contributed by atoms with Crippen LogP contribution >= 0.6 is 0 Å². The van der Waals surface area contributed by atoms with Crippen LogP contribution in [0.1, 0.15) is 18.9 Å². The van der Waals surface area contributed by atoms with Crippen LogP contribution < -0.4 is 0 Å². The molecule has 1 fully saturated rings. The molecule has 2 heterocycles. The van der Waals surface area contributed by atoms with E-state index in [1.807, 2.05) is 35.4 Å². The molecule has 2 aliphatic heterocycles. The molecule has 7 nitrogen and oxygen atoms in total. The maximum atomic E-state index is 12.0. The topological polar surface area (TPSA) is 84.8 Å². The zero-order valence-corrected chi connectivity index (χ0v) is 18.2. The summed E-state index contributed by atoms with van der Waals surface area (Å²) in [6.45, 7) is 2.94. The van der Waals surface area contributed by atoms with Crippen molar-refractivity contribution in [2.75, 3.05) is 20.1 Å². The average molecular weight is 431 g/mol. The minimum absolute atomic E-state index is 0.183. The molecule has 2 amide bonds. The number of carbonyl (C=O) groups excluding carboxylic acids is 3. The number of hydrazine groups is 1. The molecule has 0 bridgehead atoms. The molecule has 1 N–H and O–H groups in total. The fourth-order valence-electron chi connectivity index (χ4n) is 3.44. The van der Waals surface area contributed by atoms with Gasteiger partial charge in [0.25, 0.3) is 11.8 Å². The van der Waals surface area contributed by atoms with Crippen LogP contribution in [0.15, 0.2) is 84.3 Å². The average Bonchev–Trinajstić information content (AvgIpc) is 3.04. The number of aldehydes is 1. The molecule has 0 saturated carbocycles. The van der Waals surface area contributed by atoms with E-state index >= 15 is 0 Å². The van der Waals surface area contributed by atoms with E-state index in [1.165, 1.54) is 27.2 Å². The summed E-state index contributed by atoms with van der Waals surface area (Å²) in [5.74, 6) is -0.614. The highest BCUT2D eigenvalue weighted by atomic mass is 16.2. The van der Waals surface area contributed by atoms with Gasteiger partial charge in [-0.1, -0.05) is 48.6 Å². The van der Waals surface area contributed by atoms with Crippen LogP contribution in [0.2, 0.25) is 0 Å². The van der Waals surface area contributed by atoms with Gasteiger partial charge in [-0.3, -0.25) is 9.59 Å². The Morgan fingerprint density at radius 3 is 2.31 bits per heavy atom. The summed E-state index contributed by atoms with van der Waals surface area (Å²) in [4.78, 5) is 36.1. The van der Waals surface area contributed by atoms with Gasteiger partial charge in [0, 0.05) is 31.9 Å². The van der Waals surface area contributed by atoms with Crippen LogP contribution in [0.4, 0.5) is 0 Å². The summed E-state index contributed by atoms with van der Waals surface area (Å²) < 4.78 is 0. The number of nitrogens with one attached hydrogen (secondary N) is 1. The van der Waals surface area contributed by atoms with E-state index < -0.39 is 0 Å². The maximum absolute atomic E-state index is 12.0. The second-order valence-electron chi connectivity index (χ2n) is 7.30. The molecule has 32 heavy (non-hydrogen) atoms. The van der Waals surface area contributed by atoms with Crippen LogP contribution in [0.5, 0.6) is 0 Å². The molecule has 3 aliphatic rings. The Balaban J connectivity index is 0.000000182. The Morgan fingerprint density at radius 2 is 1.78 bits per heavy atom. The minimum atomic E-state index is -0.315. The van der Waals surface area contributed by atoms with Crippen molar-refractivity contribution in [3.05, 3.63) is 89.8 Å². The summed E-state index contributed by atoms with van der Waals surface area (Å²) in [5, 5.41) is 10.1. The number of allylic oxidation sites excluding steroid dienone is 6. The van der Waals surface area contributed by atoms with E-state index in [9.17, 15) is 14.4 Å². The molecule has 1 aliphatic carbocycles. The SMILES string of the molecule is C/C=C1\C(=O)N(C)N(C2=CCC(=N)C=C2)C1=O.O=CCN1C=CC(c2ccccc2)=CC1. The fourth-order valence-corrected chi connectivity index (χ4v) is 3.44. The highest BCUT2D eigenvalue weighted by Crippen LogP contribution is 2.25. The fraction of sp³-hybridized carbons (Fsp3) is 0.200. The largest absolute Gasteiger partial charge is 0.367 e. The van der Waals surface area contributed by atoms with Crippen molar-refractivity contribution < 1.29 is 14.4 Å². The number of amides is 2. The van der Waals surface area contributed by atoms with Crippen LogP contribution in [-0.4, -0.2) is 58.9 Å². The Kier molecular flexibility index (Phi) is 7.33. The van der Waals surface area contributed by atoms with E-state index in [-0.39, 0.29) is 17.4 Å². The van der Waals surface area contributed by atoms with Gasteiger partial charge in [-0.15, -0.1) is 0 Å². The minimum Gasteiger partial charge on any atom is -0.367 e. The number of hydrogen-bond acceptors (Lipinski definition) is 5. The summed E-state index contributed by atoms with van der Waals surface area (Å²) in [6.07, 6.45) is 14.1. The van der Waals surface area contributed by atoms with Gasteiger partial charge < -0.3 is 15.1 Å². The van der Waals surface area contributed by atoms with E-state index in [1.54, 1.807) is 32.2 Å². The lowest BCUT2D eigenvalue weighted by atomic mass is 10.0. The van der Waals surface area contributed by atoms with Gasteiger partial charge in [-0.25, -0.2) is 10.0 Å². The number of carbonyl (C=O) groups is 3. The van der Waals surface area contributed by atoms with Gasteiger partial charge in [-0.2, -0.15) is 0 Å². The monoisotopic (exact) mass is 430 g/mol. The second kappa shape index (κ2) is 10.3. The van der Waals surface area contributed by atoms with Crippen LogP contribution in [0.3, 0.4) is 0 Å². The smallest absolute Gasteiger partial charge is 0.282 e. The number of hydrogen-bond donors (Lipinski definition) is 1. The Labute approximate surface area is 187 Å². The molecule has 0 spiro atoms. The van der Waals surface area contributed by atoms with Crippen molar-refractivity contribution >= 4 is 29.4 Å². The standard InChI is InChI=1S/C13H13NO.C12H13N3O2/c15-11-10-14-8-6-13(7-9-14)12-4-2-1-3-5-12;1-3-10-11(16)14(2)15(12(10)17)9-6-4-8(13)5-7-9/h1-8,11H,9-10H2;3-4,6-7,13H,5H2,1-2H3/b;10-3+,13-8?. The van der Waals surface area contributed by atoms with Crippen molar-refractivity contribution in [3.8, 4) is 0 Å². The number of nitrogens with zero attached hydrogens (tertiary/aromatic N) is 3. The van der Waals surface area contributed by atoms with Crippen molar-refractivity contribution in [3.63, 3.8) is 0 Å². The molecule has 1 aromatic rings. The van der Waals surface area contributed by atoms with Gasteiger partial charge in [0.2, 0.25) is 0 Å². The normalized spacial score (nSPS) is 19.1. The van der Waals surface area contributed by atoms with Crippen LogP contribution in [0.25, 0.3) is 5.57 Å². The lowest BCUT2D eigenvalue weighted by molar-refractivity contribution is -0.139. The van der Waals surface area contributed by atoms with Crippen LogP contribution in [0, 0.1) is 5.41 Å². The van der Waals surface area contributed by atoms with E-state index in [0.29, 0.717) is 24.4 Å². The lowest BCUT2D eigenvalue weighted by Gasteiger charge is -2.25. The molecule has 164 valence electrons. The molecular formula is C25H26N4O3. The van der Waals surface area contributed by atoms with Crippen molar-refractivity contribution in [1.29, 1.82) is 5.41 Å². The van der Waals surface area contributed by atoms with E-state index in [4.69, 9.17) is 5.41 Å². The Hall–Kier alpha value is -4.00. The second-order valence-corrected chi connectivity index (χ2v) is 7.30. The van der Waals surface area contributed by atoms with E-state index in [0.717, 1.165) is 12.8 Å². The molecule has 0 atom stereocenters. The van der Waals surface area contributed by atoms with Crippen LogP contribution in [-0.2, 0) is 14.4 Å².